The van der Waals surface area contributed by atoms with E-state index in [0.717, 1.165) is 17.7 Å². The van der Waals surface area contributed by atoms with Gasteiger partial charge in [0.2, 0.25) is 0 Å². The molecule has 0 aliphatic carbocycles. The fourth-order valence-corrected chi connectivity index (χ4v) is 1.72. The van der Waals surface area contributed by atoms with E-state index >= 15 is 0 Å². The van der Waals surface area contributed by atoms with E-state index in [0.29, 0.717) is 23.8 Å². The van der Waals surface area contributed by atoms with Gasteiger partial charge in [-0.05, 0) is 31.2 Å². The summed E-state index contributed by atoms with van der Waals surface area (Å²) < 4.78 is 1.74. The number of halogens is 1. The van der Waals surface area contributed by atoms with E-state index in [1.54, 1.807) is 4.68 Å². The van der Waals surface area contributed by atoms with Gasteiger partial charge in [0.05, 0.1) is 0 Å². The van der Waals surface area contributed by atoms with Crippen LogP contribution in [0.5, 0.6) is 0 Å². The van der Waals surface area contributed by atoms with Gasteiger partial charge >= 0.3 is 0 Å². The van der Waals surface area contributed by atoms with Crippen LogP contribution in [0.1, 0.15) is 12.2 Å². The molecule has 0 aliphatic rings. The van der Waals surface area contributed by atoms with Crippen molar-refractivity contribution in [2.24, 2.45) is 0 Å². The van der Waals surface area contributed by atoms with E-state index in [2.05, 4.69) is 10.1 Å². The first kappa shape index (κ1) is 11.8. The standard InChI is InChI=1S/C12H12ClN3O/c1-9-14-12(16(15-9)7-2-8-17)10-3-5-11(13)6-4-10/h3-6,8H,2,7H2,1H3. The number of aldehydes is 1. The number of hydrogen-bond acceptors (Lipinski definition) is 3. The van der Waals surface area contributed by atoms with Crippen LogP contribution in [-0.4, -0.2) is 21.1 Å². The van der Waals surface area contributed by atoms with Gasteiger partial charge in [0, 0.05) is 23.6 Å². The van der Waals surface area contributed by atoms with Gasteiger partial charge in [-0.2, -0.15) is 5.10 Å². The molecule has 0 amide bonds. The maximum Gasteiger partial charge on any atom is 0.158 e. The smallest absolute Gasteiger partial charge is 0.158 e. The Morgan fingerprint density at radius 2 is 2.06 bits per heavy atom. The van der Waals surface area contributed by atoms with E-state index in [9.17, 15) is 4.79 Å². The van der Waals surface area contributed by atoms with Crippen LogP contribution >= 0.6 is 11.6 Å². The van der Waals surface area contributed by atoms with Crippen molar-refractivity contribution >= 4 is 17.9 Å². The van der Waals surface area contributed by atoms with Crippen LogP contribution in [0.15, 0.2) is 24.3 Å². The Morgan fingerprint density at radius 1 is 1.35 bits per heavy atom. The van der Waals surface area contributed by atoms with Gasteiger partial charge in [-0.3, -0.25) is 0 Å². The molecule has 2 aromatic rings. The molecule has 88 valence electrons. The van der Waals surface area contributed by atoms with Crippen molar-refractivity contribution in [1.82, 2.24) is 14.8 Å². The first-order valence-corrected chi connectivity index (χ1v) is 5.69. The fraction of sp³-hybridized carbons (Fsp3) is 0.250. The van der Waals surface area contributed by atoms with Crippen molar-refractivity contribution in [2.75, 3.05) is 0 Å². The maximum absolute atomic E-state index is 10.4. The van der Waals surface area contributed by atoms with Crippen LogP contribution in [-0.2, 0) is 11.3 Å². The highest BCUT2D eigenvalue weighted by Gasteiger charge is 2.09. The Kier molecular flexibility index (Phi) is 3.54. The third kappa shape index (κ3) is 2.71. The maximum atomic E-state index is 10.4. The summed E-state index contributed by atoms with van der Waals surface area (Å²) in [5.41, 5.74) is 0.945. The molecule has 4 nitrogen and oxygen atoms in total. The molecule has 0 unspecified atom stereocenters. The van der Waals surface area contributed by atoms with E-state index in [4.69, 9.17) is 11.6 Å². The van der Waals surface area contributed by atoms with Crippen LogP contribution in [0.4, 0.5) is 0 Å². The van der Waals surface area contributed by atoms with Crippen LogP contribution < -0.4 is 0 Å². The second kappa shape index (κ2) is 5.10. The normalized spacial score (nSPS) is 10.5. The number of benzene rings is 1. The molecule has 2 rings (SSSR count). The highest BCUT2D eigenvalue weighted by atomic mass is 35.5. The van der Waals surface area contributed by atoms with Gasteiger partial charge in [-0.15, -0.1) is 0 Å². The van der Waals surface area contributed by atoms with Gasteiger partial charge < -0.3 is 4.79 Å². The number of aryl methyl sites for hydroxylation is 2. The third-order valence-corrected chi connectivity index (χ3v) is 2.59. The van der Waals surface area contributed by atoms with E-state index in [-0.39, 0.29) is 0 Å². The second-order valence-electron chi connectivity index (χ2n) is 3.67. The summed E-state index contributed by atoms with van der Waals surface area (Å²) in [6.07, 6.45) is 1.31. The molecule has 1 aromatic heterocycles. The van der Waals surface area contributed by atoms with Crippen LogP contribution in [0, 0.1) is 6.92 Å². The molecule has 0 spiro atoms. The lowest BCUT2D eigenvalue weighted by Gasteiger charge is -2.03. The van der Waals surface area contributed by atoms with Crippen molar-refractivity contribution < 1.29 is 4.79 Å². The molecule has 0 aliphatic heterocycles. The number of aromatic nitrogens is 3. The minimum Gasteiger partial charge on any atom is -0.303 e. The van der Waals surface area contributed by atoms with Crippen LogP contribution in [0.2, 0.25) is 5.02 Å². The van der Waals surface area contributed by atoms with Gasteiger partial charge in [0.25, 0.3) is 0 Å². The minimum atomic E-state index is 0.434. The summed E-state index contributed by atoms with van der Waals surface area (Å²) in [6.45, 7) is 2.37. The van der Waals surface area contributed by atoms with Crippen LogP contribution in [0.3, 0.4) is 0 Å². The molecule has 1 aromatic carbocycles. The molecule has 0 atom stereocenters. The Labute approximate surface area is 104 Å². The fourth-order valence-electron chi connectivity index (χ4n) is 1.60. The first-order chi connectivity index (χ1) is 8.20. The number of hydrogen-bond donors (Lipinski definition) is 0. The first-order valence-electron chi connectivity index (χ1n) is 5.31. The number of carbonyl (C=O) groups is 1. The average molecular weight is 250 g/mol. The van der Waals surface area contributed by atoms with Crippen molar-refractivity contribution in [3.8, 4) is 11.4 Å². The zero-order valence-electron chi connectivity index (χ0n) is 9.43. The largest absolute Gasteiger partial charge is 0.303 e. The van der Waals surface area contributed by atoms with Gasteiger partial charge in [0.1, 0.15) is 12.1 Å². The van der Waals surface area contributed by atoms with E-state index in [1.807, 2.05) is 31.2 Å². The molecule has 0 N–H and O–H groups in total. The van der Waals surface area contributed by atoms with Gasteiger partial charge in [0.15, 0.2) is 5.82 Å². The van der Waals surface area contributed by atoms with Crippen molar-refractivity contribution in [3.05, 3.63) is 35.1 Å². The molecular formula is C12H12ClN3O. The summed E-state index contributed by atoms with van der Waals surface area (Å²) in [7, 11) is 0. The molecule has 0 fully saturated rings. The SMILES string of the molecule is Cc1nc(-c2ccc(Cl)cc2)n(CCC=O)n1. The molecule has 0 saturated carbocycles. The number of rotatable bonds is 4. The van der Waals surface area contributed by atoms with Crippen LogP contribution in [0.25, 0.3) is 11.4 Å². The van der Waals surface area contributed by atoms with Crippen molar-refractivity contribution in [2.45, 2.75) is 19.9 Å². The zero-order valence-corrected chi connectivity index (χ0v) is 10.2. The second-order valence-corrected chi connectivity index (χ2v) is 4.10. The Hall–Kier alpha value is -1.68. The molecule has 5 heteroatoms. The summed E-state index contributed by atoms with van der Waals surface area (Å²) in [5.74, 6) is 1.46. The van der Waals surface area contributed by atoms with Crippen molar-refractivity contribution in [3.63, 3.8) is 0 Å². The quantitative estimate of drug-likeness (QED) is 0.783. The molecule has 17 heavy (non-hydrogen) atoms. The lowest BCUT2D eigenvalue weighted by atomic mass is 10.2. The highest BCUT2D eigenvalue weighted by Crippen LogP contribution is 2.20. The van der Waals surface area contributed by atoms with Gasteiger partial charge in [-0.1, -0.05) is 11.6 Å². The highest BCUT2D eigenvalue weighted by molar-refractivity contribution is 6.30. The lowest BCUT2D eigenvalue weighted by Crippen LogP contribution is -2.03. The molecular weight excluding hydrogens is 238 g/mol. The number of nitrogens with zero attached hydrogens (tertiary/aromatic N) is 3. The third-order valence-electron chi connectivity index (χ3n) is 2.34. The minimum absolute atomic E-state index is 0.434. The average Bonchev–Trinajstić information content (AvgIpc) is 2.69. The lowest BCUT2D eigenvalue weighted by molar-refractivity contribution is -0.108. The Bertz CT molecular complexity index is 519. The summed E-state index contributed by atoms with van der Waals surface area (Å²) >= 11 is 5.84. The zero-order chi connectivity index (χ0) is 12.3. The molecule has 0 bridgehead atoms. The summed E-state index contributed by atoms with van der Waals surface area (Å²) in [4.78, 5) is 14.8. The monoisotopic (exact) mass is 249 g/mol. The molecule has 0 saturated heterocycles. The van der Waals surface area contributed by atoms with Gasteiger partial charge in [-0.25, -0.2) is 9.67 Å². The predicted molar refractivity (Wildman–Crippen MR) is 65.9 cm³/mol. The van der Waals surface area contributed by atoms with E-state index < -0.39 is 0 Å². The predicted octanol–water partition coefficient (Wildman–Crippen LogP) is 2.50. The Balaban J connectivity index is 2.36. The van der Waals surface area contributed by atoms with Crippen molar-refractivity contribution in [1.29, 1.82) is 0 Å². The summed E-state index contributed by atoms with van der Waals surface area (Å²) in [5, 5.41) is 4.95. The molecule has 0 radical (unpaired) electrons. The Morgan fingerprint density at radius 3 is 2.71 bits per heavy atom. The topological polar surface area (TPSA) is 47.8 Å². The summed E-state index contributed by atoms with van der Waals surface area (Å²) in [6, 6.07) is 7.41. The number of carbonyl (C=O) groups excluding carboxylic acids is 1. The van der Waals surface area contributed by atoms with E-state index in [1.165, 1.54) is 0 Å². The molecule has 1 heterocycles.